The van der Waals surface area contributed by atoms with Gasteiger partial charge in [-0.15, -0.1) is 21.5 Å². The van der Waals surface area contributed by atoms with Crippen LogP contribution in [0.1, 0.15) is 86.2 Å². The minimum Gasteiger partial charge on any atom is -0.299 e. The first-order chi connectivity index (χ1) is 15.5. The van der Waals surface area contributed by atoms with Crippen molar-refractivity contribution in [3.05, 3.63) is 32.1 Å². The van der Waals surface area contributed by atoms with E-state index in [1.165, 1.54) is 46.4 Å². The van der Waals surface area contributed by atoms with Crippen LogP contribution >= 0.6 is 22.7 Å². The molecule has 0 bridgehead atoms. The van der Waals surface area contributed by atoms with Crippen LogP contribution in [0.4, 0.5) is 5.13 Å². The van der Waals surface area contributed by atoms with Crippen LogP contribution in [0.25, 0.3) is 10.2 Å². The van der Waals surface area contributed by atoms with E-state index in [2.05, 4.69) is 27.4 Å². The number of thiophene rings is 1. The van der Waals surface area contributed by atoms with Crippen LogP contribution < -0.4 is 10.9 Å². The molecule has 3 heterocycles. The van der Waals surface area contributed by atoms with E-state index in [-0.39, 0.29) is 11.5 Å². The molecule has 0 aliphatic heterocycles. The van der Waals surface area contributed by atoms with Gasteiger partial charge in [-0.25, -0.2) is 4.98 Å². The lowest BCUT2D eigenvalue weighted by molar-refractivity contribution is -0.119. The van der Waals surface area contributed by atoms with E-state index < -0.39 is 6.04 Å². The van der Waals surface area contributed by atoms with Crippen LogP contribution in [0.5, 0.6) is 0 Å². The van der Waals surface area contributed by atoms with Crippen LogP contribution in [0.15, 0.2) is 11.1 Å². The van der Waals surface area contributed by atoms with E-state index >= 15 is 0 Å². The second-order valence-corrected chi connectivity index (χ2v) is 11.3. The van der Waals surface area contributed by atoms with Gasteiger partial charge in [0.1, 0.15) is 15.9 Å². The van der Waals surface area contributed by atoms with Crippen LogP contribution in [-0.2, 0) is 17.6 Å². The number of carbonyl (C=O) groups excluding carboxylic acids is 1. The molecule has 32 heavy (non-hydrogen) atoms. The quantitative estimate of drug-likeness (QED) is 0.561. The Balaban J connectivity index is 1.40. The lowest BCUT2D eigenvalue weighted by Gasteiger charge is -2.19. The monoisotopic (exact) mass is 471 g/mol. The largest absolute Gasteiger partial charge is 0.299 e. The van der Waals surface area contributed by atoms with E-state index in [0.29, 0.717) is 28.8 Å². The summed E-state index contributed by atoms with van der Waals surface area (Å²) in [4.78, 5) is 33.2. The van der Waals surface area contributed by atoms with Crippen molar-refractivity contribution in [1.29, 1.82) is 0 Å². The second-order valence-electron chi connectivity index (χ2n) is 9.18. The summed E-state index contributed by atoms with van der Waals surface area (Å²) in [6, 6.07) is -0.625. The number of nitrogens with one attached hydrogen (secondary N) is 1. The smallest absolute Gasteiger partial charge is 0.263 e. The summed E-state index contributed by atoms with van der Waals surface area (Å²) < 4.78 is 1.51. The Morgan fingerprint density at radius 1 is 1.22 bits per heavy atom. The molecule has 0 spiro atoms. The van der Waals surface area contributed by atoms with Gasteiger partial charge in [-0.05, 0) is 50.0 Å². The average Bonchev–Trinajstić information content (AvgIpc) is 3.40. The predicted molar refractivity (Wildman–Crippen MR) is 129 cm³/mol. The van der Waals surface area contributed by atoms with Gasteiger partial charge >= 0.3 is 0 Å². The van der Waals surface area contributed by atoms with Gasteiger partial charge in [0.2, 0.25) is 11.0 Å². The number of amides is 1. The van der Waals surface area contributed by atoms with E-state index in [1.807, 2.05) is 6.92 Å². The predicted octanol–water partition coefficient (Wildman–Crippen LogP) is 5.07. The Kier molecular flexibility index (Phi) is 6.11. The number of aromatic nitrogens is 4. The van der Waals surface area contributed by atoms with E-state index in [9.17, 15) is 9.59 Å². The molecule has 7 nitrogen and oxygen atoms in total. The highest BCUT2D eigenvalue weighted by Gasteiger charge is 2.27. The summed E-state index contributed by atoms with van der Waals surface area (Å²) in [5.74, 6) is 0.854. The second kappa shape index (κ2) is 9.02. The molecule has 170 valence electrons. The van der Waals surface area contributed by atoms with Crippen LogP contribution in [0.2, 0.25) is 0 Å². The molecule has 3 aromatic heterocycles. The Labute approximate surface area is 195 Å². The molecular formula is C23H29N5O2S2. The van der Waals surface area contributed by atoms with Crippen molar-refractivity contribution in [3.8, 4) is 0 Å². The number of rotatable bonds is 5. The molecule has 2 unspecified atom stereocenters. The third-order valence-electron chi connectivity index (χ3n) is 6.89. The van der Waals surface area contributed by atoms with Crippen LogP contribution in [-0.4, -0.2) is 25.7 Å². The molecule has 0 aromatic carbocycles. The number of anilines is 1. The molecule has 2 aliphatic rings. The molecule has 3 aromatic rings. The number of carbonyl (C=O) groups is 1. The lowest BCUT2D eigenvalue weighted by atomic mass is 9.89. The summed E-state index contributed by atoms with van der Waals surface area (Å²) in [7, 11) is 0. The lowest BCUT2D eigenvalue weighted by Crippen LogP contribution is -2.33. The van der Waals surface area contributed by atoms with Crippen molar-refractivity contribution in [3.63, 3.8) is 0 Å². The van der Waals surface area contributed by atoms with Gasteiger partial charge in [0.05, 0.1) is 11.7 Å². The van der Waals surface area contributed by atoms with Crippen molar-refractivity contribution in [1.82, 2.24) is 19.7 Å². The maximum absolute atomic E-state index is 13.4. The average molecular weight is 472 g/mol. The van der Waals surface area contributed by atoms with Gasteiger partial charge in [-0.1, -0.05) is 44.4 Å². The highest BCUT2D eigenvalue weighted by molar-refractivity contribution is 7.18. The first kappa shape index (κ1) is 21.7. The number of nitrogens with zero attached hydrogens (tertiary/aromatic N) is 4. The van der Waals surface area contributed by atoms with Gasteiger partial charge in [0.25, 0.3) is 5.56 Å². The maximum atomic E-state index is 13.4. The fraction of sp³-hybridized carbons (Fsp3) is 0.609. The van der Waals surface area contributed by atoms with Gasteiger partial charge in [-0.2, -0.15) is 0 Å². The topological polar surface area (TPSA) is 89.8 Å². The molecule has 0 saturated heterocycles. The van der Waals surface area contributed by atoms with Gasteiger partial charge in [-0.3, -0.25) is 19.5 Å². The zero-order valence-corrected chi connectivity index (χ0v) is 20.2. The molecule has 9 heteroatoms. The number of hydrogen-bond donors (Lipinski definition) is 1. The maximum Gasteiger partial charge on any atom is 0.263 e. The first-order valence-corrected chi connectivity index (χ1v) is 13.3. The third kappa shape index (κ3) is 4.01. The number of fused-ring (bicyclic) bond motifs is 3. The first-order valence-electron chi connectivity index (χ1n) is 11.7. The van der Waals surface area contributed by atoms with Crippen molar-refractivity contribution < 1.29 is 4.79 Å². The number of aryl methyl sites for hydroxylation is 1. The highest BCUT2D eigenvalue weighted by atomic mass is 32.1. The fourth-order valence-electron chi connectivity index (χ4n) is 5.06. The minimum absolute atomic E-state index is 0.107. The molecule has 1 N–H and O–H groups in total. The molecular weight excluding hydrogens is 442 g/mol. The van der Waals surface area contributed by atoms with Crippen molar-refractivity contribution in [2.75, 3.05) is 5.32 Å². The standard InChI is InChI=1S/C23H29N5O2S2/c1-3-16(19(29)25-23-27-26-20(32-23)14-7-5-4-6-8-14)28-12-24-21-18(22(28)30)15-10-9-13(2)11-17(15)31-21/h12-14,16H,3-11H2,1-2H3,(H,25,27,29). The summed E-state index contributed by atoms with van der Waals surface area (Å²) in [5, 5.41) is 13.7. The Morgan fingerprint density at radius 2 is 2.03 bits per heavy atom. The van der Waals surface area contributed by atoms with Crippen molar-refractivity contribution in [2.24, 2.45) is 5.92 Å². The Hall–Kier alpha value is -2.13. The molecule has 5 rings (SSSR count). The molecule has 2 atom stereocenters. The van der Waals surface area contributed by atoms with Crippen molar-refractivity contribution in [2.45, 2.75) is 83.6 Å². The van der Waals surface area contributed by atoms with Crippen LogP contribution in [0, 0.1) is 5.92 Å². The van der Waals surface area contributed by atoms with E-state index in [0.717, 1.165) is 47.5 Å². The molecule has 2 aliphatic carbocycles. The summed E-state index contributed by atoms with van der Waals surface area (Å²) in [5.41, 5.74) is 1.04. The van der Waals surface area contributed by atoms with E-state index in [1.54, 1.807) is 11.3 Å². The van der Waals surface area contributed by atoms with Gasteiger partial charge in [0.15, 0.2) is 0 Å². The zero-order chi connectivity index (χ0) is 22.2. The summed E-state index contributed by atoms with van der Waals surface area (Å²) in [6.45, 7) is 4.17. The highest BCUT2D eigenvalue weighted by Crippen LogP contribution is 2.37. The molecule has 0 radical (unpaired) electrons. The molecule has 1 fully saturated rings. The summed E-state index contributed by atoms with van der Waals surface area (Å²) in [6.07, 6.45) is 11.1. The van der Waals surface area contributed by atoms with Gasteiger partial charge in [0, 0.05) is 10.8 Å². The summed E-state index contributed by atoms with van der Waals surface area (Å²) >= 11 is 3.09. The SMILES string of the molecule is CCC(C(=O)Nc1nnc(C2CCCCC2)s1)n1cnc2sc3c(c2c1=O)CCC(C)C3. The number of hydrogen-bond acceptors (Lipinski definition) is 7. The molecule has 1 amide bonds. The Bertz CT molecular complexity index is 1190. The fourth-order valence-corrected chi connectivity index (χ4v) is 7.32. The van der Waals surface area contributed by atoms with Gasteiger partial charge < -0.3 is 0 Å². The van der Waals surface area contributed by atoms with Crippen molar-refractivity contribution >= 4 is 43.9 Å². The molecule has 1 saturated carbocycles. The van der Waals surface area contributed by atoms with Crippen LogP contribution in [0.3, 0.4) is 0 Å². The normalized spacial score (nSPS) is 20.2. The Morgan fingerprint density at radius 3 is 2.81 bits per heavy atom. The minimum atomic E-state index is -0.625. The van der Waals surface area contributed by atoms with E-state index in [4.69, 9.17) is 0 Å². The third-order valence-corrected chi connectivity index (χ3v) is 9.05. The zero-order valence-electron chi connectivity index (χ0n) is 18.6.